The van der Waals surface area contributed by atoms with Crippen molar-refractivity contribution in [2.24, 2.45) is 0 Å². The van der Waals surface area contributed by atoms with Gasteiger partial charge in [-0.15, -0.1) is 11.3 Å². The van der Waals surface area contributed by atoms with Gasteiger partial charge >= 0.3 is 0 Å². The van der Waals surface area contributed by atoms with Gasteiger partial charge in [0, 0.05) is 11.1 Å². The number of nitrogens with one attached hydrogen (secondary N) is 1. The lowest BCUT2D eigenvalue weighted by molar-refractivity contribution is 0.340. The molecular weight excluding hydrogens is 440 g/mol. The van der Waals surface area contributed by atoms with Crippen LogP contribution in [0.25, 0.3) is 0 Å². The summed E-state index contributed by atoms with van der Waals surface area (Å²) in [6.45, 7) is 5.41. The van der Waals surface area contributed by atoms with Crippen LogP contribution in [0.3, 0.4) is 0 Å². The van der Waals surface area contributed by atoms with Gasteiger partial charge in [0.15, 0.2) is 0 Å². The zero-order chi connectivity index (χ0) is 15.4. The smallest absolute Gasteiger partial charge is 0.139 e. The minimum Gasteiger partial charge on any atom is -0.492 e. The number of ether oxygens (including phenoxy) is 1. The molecule has 0 aliphatic rings. The maximum atomic E-state index is 6.45. The molecule has 1 heterocycles. The van der Waals surface area contributed by atoms with Crippen molar-refractivity contribution in [3.8, 4) is 5.75 Å². The third kappa shape index (κ3) is 4.26. The Hall–Kier alpha value is -0.0100. The largest absolute Gasteiger partial charge is 0.492 e. The van der Waals surface area contributed by atoms with Crippen LogP contribution in [-0.2, 0) is 0 Å². The van der Waals surface area contributed by atoms with Gasteiger partial charge in [-0.3, -0.25) is 0 Å². The number of benzene rings is 1. The molecule has 0 bridgehead atoms. The Bertz CT molecular complexity index is 618. The Labute approximate surface area is 152 Å². The zero-order valence-electron chi connectivity index (χ0n) is 11.8. The number of halogens is 3. The van der Waals surface area contributed by atoms with Crippen molar-refractivity contribution >= 4 is 57.1 Å². The Morgan fingerprint density at radius 2 is 2.00 bits per heavy atom. The number of thiophene rings is 1. The molecule has 1 N–H and O–H groups in total. The summed E-state index contributed by atoms with van der Waals surface area (Å²) >= 11 is 16.8. The van der Waals surface area contributed by atoms with E-state index >= 15 is 0 Å². The molecule has 114 valence electrons. The summed E-state index contributed by atoms with van der Waals surface area (Å²) < 4.78 is 6.73. The molecule has 1 unspecified atom stereocenters. The highest BCUT2D eigenvalue weighted by Crippen LogP contribution is 2.37. The van der Waals surface area contributed by atoms with Crippen molar-refractivity contribution in [1.82, 2.24) is 5.32 Å². The number of rotatable bonds is 6. The van der Waals surface area contributed by atoms with E-state index in [1.165, 1.54) is 8.45 Å². The van der Waals surface area contributed by atoms with Crippen LogP contribution < -0.4 is 10.1 Å². The molecule has 0 saturated carbocycles. The molecule has 0 amide bonds. The van der Waals surface area contributed by atoms with Crippen LogP contribution in [0.5, 0.6) is 5.75 Å². The molecule has 1 aromatic heterocycles. The summed E-state index contributed by atoms with van der Waals surface area (Å²) in [5.41, 5.74) is 2.18. The molecule has 0 saturated heterocycles. The predicted octanol–water partition coefficient (Wildman–Crippen LogP) is 5.76. The fourth-order valence-corrected chi connectivity index (χ4v) is 4.00. The van der Waals surface area contributed by atoms with Crippen LogP contribution in [0, 0.1) is 2.88 Å². The van der Waals surface area contributed by atoms with Gasteiger partial charge in [-0.05, 0) is 64.7 Å². The average Bonchev–Trinajstić information content (AvgIpc) is 2.87. The molecule has 21 heavy (non-hydrogen) atoms. The normalized spacial score (nSPS) is 12.4. The standard InChI is InChI=1S/C15H16Cl2INOS/c1-3-19-15(9-5-14(18)21-8-9)10-6-12(17)13(20-4-2)7-11(10)16/h5-8,15,19H,3-4H2,1-2H3. The van der Waals surface area contributed by atoms with E-state index in [4.69, 9.17) is 27.9 Å². The molecule has 0 spiro atoms. The van der Waals surface area contributed by atoms with Crippen molar-refractivity contribution in [2.45, 2.75) is 19.9 Å². The highest BCUT2D eigenvalue weighted by molar-refractivity contribution is 14.1. The van der Waals surface area contributed by atoms with Gasteiger partial charge in [-0.25, -0.2) is 0 Å². The first-order valence-electron chi connectivity index (χ1n) is 6.65. The summed E-state index contributed by atoms with van der Waals surface area (Å²) in [6, 6.07) is 5.89. The number of hydrogen-bond donors (Lipinski definition) is 1. The van der Waals surface area contributed by atoms with Gasteiger partial charge < -0.3 is 10.1 Å². The van der Waals surface area contributed by atoms with E-state index in [9.17, 15) is 0 Å². The van der Waals surface area contributed by atoms with E-state index in [2.05, 4.69) is 46.3 Å². The molecule has 6 heteroatoms. The average molecular weight is 456 g/mol. The highest BCUT2D eigenvalue weighted by atomic mass is 127. The second kappa shape index (κ2) is 8.02. The van der Waals surface area contributed by atoms with E-state index in [-0.39, 0.29) is 6.04 Å². The van der Waals surface area contributed by atoms with Crippen LogP contribution in [0.15, 0.2) is 23.6 Å². The maximum absolute atomic E-state index is 6.45. The first-order valence-corrected chi connectivity index (χ1v) is 9.37. The Kier molecular flexibility index (Phi) is 6.62. The number of hydrogen-bond acceptors (Lipinski definition) is 3. The molecule has 0 aliphatic carbocycles. The highest BCUT2D eigenvalue weighted by Gasteiger charge is 2.19. The van der Waals surface area contributed by atoms with Crippen LogP contribution in [0.4, 0.5) is 0 Å². The Morgan fingerprint density at radius 3 is 2.57 bits per heavy atom. The second-order valence-electron chi connectivity index (χ2n) is 4.41. The Balaban J connectivity index is 2.43. The van der Waals surface area contributed by atoms with Gasteiger partial charge in [-0.2, -0.15) is 0 Å². The summed E-state index contributed by atoms with van der Waals surface area (Å²) in [4.78, 5) is 0. The lowest BCUT2D eigenvalue weighted by Crippen LogP contribution is -2.22. The minimum absolute atomic E-state index is 0.0374. The molecule has 0 aliphatic heterocycles. The molecule has 0 radical (unpaired) electrons. The lowest BCUT2D eigenvalue weighted by atomic mass is 10.0. The van der Waals surface area contributed by atoms with Crippen molar-refractivity contribution in [2.75, 3.05) is 13.2 Å². The zero-order valence-corrected chi connectivity index (χ0v) is 16.2. The molecule has 2 rings (SSSR count). The van der Waals surface area contributed by atoms with E-state index in [0.717, 1.165) is 12.1 Å². The quantitative estimate of drug-likeness (QED) is 0.559. The molecule has 1 aromatic carbocycles. The predicted molar refractivity (Wildman–Crippen MR) is 100 cm³/mol. The van der Waals surface area contributed by atoms with Crippen LogP contribution >= 0.6 is 57.1 Å². The van der Waals surface area contributed by atoms with Gasteiger partial charge in [0.25, 0.3) is 0 Å². The third-order valence-electron chi connectivity index (χ3n) is 2.99. The molecular formula is C15H16Cl2INOS. The van der Waals surface area contributed by atoms with Gasteiger partial charge in [-0.1, -0.05) is 30.1 Å². The van der Waals surface area contributed by atoms with Gasteiger partial charge in [0.05, 0.1) is 20.6 Å². The summed E-state index contributed by atoms with van der Waals surface area (Å²) in [5.74, 6) is 0.628. The Morgan fingerprint density at radius 1 is 1.24 bits per heavy atom. The minimum atomic E-state index is 0.0374. The SMILES string of the molecule is CCNC(c1csc(I)c1)c1cc(Cl)c(OCC)cc1Cl. The van der Waals surface area contributed by atoms with E-state index in [1.807, 2.05) is 13.0 Å². The van der Waals surface area contributed by atoms with Crippen LogP contribution in [-0.4, -0.2) is 13.2 Å². The summed E-state index contributed by atoms with van der Waals surface area (Å²) in [7, 11) is 0. The van der Waals surface area contributed by atoms with Crippen molar-refractivity contribution in [3.63, 3.8) is 0 Å². The van der Waals surface area contributed by atoms with Crippen molar-refractivity contribution < 1.29 is 4.74 Å². The van der Waals surface area contributed by atoms with Gasteiger partial charge in [0.1, 0.15) is 5.75 Å². The van der Waals surface area contributed by atoms with E-state index in [0.29, 0.717) is 22.4 Å². The lowest BCUT2D eigenvalue weighted by Gasteiger charge is -2.20. The first kappa shape index (κ1) is 17.3. The second-order valence-corrected chi connectivity index (χ2v) is 8.03. The molecule has 0 fully saturated rings. The fourth-order valence-electron chi connectivity index (χ4n) is 2.12. The molecule has 2 nitrogen and oxygen atoms in total. The molecule has 1 atom stereocenters. The fraction of sp³-hybridized carbons (Fsp3) is 0.333. The van der Waals surface area contributed by atoms with Gasteiger partial charge in [0.2, 0.25) is 0 Å². The van der Waals surface area contributed by atoms with Crippen molar-refractivity contribution in [3.05, 3.63) is 47.6 Å². The summed E-state index contributed by atoms with van der Waals surface area (Å²) in [5, 5.41) is 6.87. The van der Waals surface area contributed by atoms with E-state index in [1.54, 1.807) is 17.4 Å². The maximum Gasteiger partial charge on any atom is 0.139 e. The summed E-state index contributed by atoms with van der Waals surface area (Å²) in [6.07, 6.45) is 0. The topological polar surface area (TPSA) is 21.3 Å². The molecule has 2 aromatic rings. The third-order valence-corrected chi connectivity index (χ3v) is 5.42. The first-order chi connectivity index (χ1) is 10.1. The van der Waals surface area contributed by atoms with Crippen LogP contribution in [0.2, 0.25) is 10.0 Å². The van der Waals surface area contributed by atoms with E-state index < -0.39 is 0 Å². The van der Waals surface area contributed by atoms with Crippen molar-refractivity contribution in [1.29, 1.82) is 0 Å². The van der Waals surface area contributed by atoms with Crippen LogP contribution in [0.1, 0.15) is 31.0 Å². The monoisotopic (exact) mass is 455 g/mol.